The number of aromatic nitrogens is 2. The summed E-state index contributed by atoms with van der Waals surface area (Å²) in [4.78, 5) is 14.6. The molecule has 6 heteroatoms. The van der Waals surface area contributed by atoms with Crippen LogP contribution in [0.3, 0.4) is 0 Å². The van der Waals surface area contributed by atoms with Gasteiger partial charge in [-0.15, -0.1) is 0 Å². The van der Waals surface area contributed by atoms with Crippen LogP contribution in [-0.4, -0.2) is 59.4 Å². The molecule has 2 atom stereocenters. The van der Waals surface area contributed by atoms with E-state index in [0.29, 0.717) is 12.2 Å². The molecule has 0 saturated carbocycles. The number of carbonyl (C=O) groups is 1. The topological polar surface area (TPSA) is 70.2 Å². The first-order valence-electron chi connectivity index (χ1n) is 8.38. The highest BCUT2D eigenvalue weighted by atomic mass is 16.5. The molecular formula is C18H24N4O2. The van der Waals surface area contributed by atoms with Gasteiger partial charge in [-0.1, -0.05) is 30.3 Å². The zero-order valence-electron chi connectivity index (χ0n) is 14.2. The fourth-order valence-electron chi connectivity index (χ4n) is 3.08. The van der Waals surface area contributed by atoms with Gasteiger partial charge in [-0.3, -0.25) is 14.8 Å². The molecule has 1 fully saturated rings. The van der Waals surface area contributed by atoms with Gasteiger partial charge in [0.1, 0.15) is 5.69 Å². The number of aromatic amines is 1. The number of nitrogens with zero attached hydrogens (tertiary/aromatic N) is 2. The second-order valence-corrected chi connectivity index (χ2v) is 6.31. The van der Waals surface area contributed by atoms with E-state index < -0.39 is 0 Å². The molecule has 6 nitrogen and oxygen atoms in total. The lowest BCUT2D eigenvalue weighted by Crippen LogP contribution is -2.47. The summed E-state index contributed by atoms with van der Waals surface area (Å²) in [5.74, 6) is -0.126. The summed E-state index contributed by atoms with van der Waals surface area (Å²) in [5.41, 5.74) is 2.25. The van der Waals surface area contributed by atoms with Crippen LogP contribution in [0.2, 0.25) is 0 Å². The minimum Gasteiger partial charge on any atom is -0.373 e. The fourth-order valence-corrected chi connectivity index (χ4v) is 3.08. The van der Waals surface area contributed by atoms with Crippen LogP contribution in [0, 0.1) is 0 Å². The number of ether oxygens (including phenoxy) is 1. The van der Waals surface area contributed by atoms with Gasteiger partial charge in [0.15, 0.2) is 0 Å². The molecule has 2 aromatic rings. The number of H-pyrrole nitrogens is 1. The summed E-state index contributed by atoms with van der Waals surface area (Å²) in [5, 5.41) is 9.97. The van der Waals surface area contributed by atoms with Crippen LogP contribution in [0.15, 0.2) is 36.4 Å². The number of nitrogens with one attached hydrogen (secondary N) is 2. The molecular weight excluding hydrogens is 304 g/mol. The average molecular weight is 328 g/mol. The third-order valence-corrected chi connectivity index (χ3v) is 4.10. The molecule has 2 N–H and O–H groups in total. The summed E-state index contributed by atoms with van der Waals surface area (Å²) in [7, 11) is 0. The maximum Gasteiger partial charge on any atom is 0.269 e. The number of carbonyl (C=O) groups excluding carboxylic acids is 1. The Labute approximate surface area is 142 Å². The van der Waals surface area contributed by atoms with Gasteiger partial charge >= 0.3 is 0 Å². The predicted octanol–water partition coefficient (Wildman–Crippen LogP) is 1.92. The van der Waals surface area contributed by atoms with Crippen LogP contribution in [0.4, 0.5) is 0 Å². The second-order valence-electron chi connectivity index (χ2n) is 6.31. The zero-order valence-corrected chi connectivity index (χ0v) is 14.2. The smallest absolute Gasteiger partial charge is 0.269 e. The Hall–Kier alpha value is -2.18. The third kappa shape index (κ3) is 4.21. The fraction of sp³-hybridized carbons (Fsp3) is 0.444. The highest BCUT2D eigenvalue weighted by Gasteiger charge is 2.21. The van der Waals surface area contributed by atoms with Crippen molar-refractivity contribution in [2.45, 2.75) is 26.1 Å². The van der Waals surface area contributed by atoms with E-state index in [1.165, 1.54) is 0 Å². The van der Waals surface area contributed by atoms with Gasteiger partial charge in [-0.2, -0.15) is 5.10 Å². The molecule has 1 saturated heterocycles. The summed E-state index contributed by atoms with van der Waals surface area (Å²) in [6.07, 6.45) is 0.482. The van der Waals surface area contributed by atoms with Crippen molar-refractivity contribution in [2.24, 2.45) is 0 Å². The van der Waals surface area contributed by atoms with Crippen molar-refractivity contribution in [1.29, 1.82) is 0 Å². The van der Waals surface area contributed by atoms with E-state index in [1.54, 1.807) is 6.07 Å². The van der Waals surface area contributed by atoms with Crippen LogP contribution in [0.1, 0.15) is 24.3 Å². The number of morpholine rings is 1. The number of rotatable bonds is 5. The van der Waals surface area contributed by atoms with Gasteiger partial charge in [0.2, 0.25) is 0 Å². The zero-order chi connectivity index (χ0) is 16.9. The molecule has 2 heterocycles. The number of amides is 1. The van der Waals surface area contributed by atoms with Gasteiger partial charge in [-0.05, 0) is 19.9 Å². The summed E-state index contributed by atoms with van der Waals surface area (Å²) in [6, 6.07) is 11.6. The summed E-state index contributed by atoms with van der Waals surface area (Å²) < 4.78 is 5.72. The number of hydrogen-bond donors (Lipinski definition) is 2. The van der Waals surface area contributed by atoms with E-state index >= 15 is 0 Å². The van der Waals surface area contributed by atoms with Crippen LogP contribution in [0.25, 0.3) is 11.3 Å². The van der Waals surface area contributed by atoms with Crippen LogP contribution < -0.4 is 5.32 Å². The molecule has 1 aromatic heterocycles. The molecule has 0 spiro atoms. The number of hydrogen-bond acceptors (Lipinski definition) is 4. The van der Waals surface area contributed by atoms with Gasteiger partial charge in [-0.25, -0.2) is 0 Å². The van der Waals surface area contributed by atoms with E-state index in [0.717, 1.165) is 30.9 Å². The van der Waals surface area contributed by atoms with Crippen molar-refractivity contribution >= 4 is 5.91 Å². The summed E-state index contributed by atoms with van der Waals surface area (Å²) >= 11 is 0. The van der Waals surface area contributed by atoms with Crippen molar-refractivity contribution in [1.82, 2.24) is 20.4 Å². The van der Waals surface area contributed by atoms with Crippen LogP contribution in [-0.2, 0) is 4.74 Å². The maximum atomic E-state index is 12.2. The average Bonchev–Trinajstić information content (AvgIpc) is 3.05. The SMILES string of the molecule is C[C@@H]1CN(CCNC(=O)c2cc(-c3ccccc3)n[nH]2)C[C@@H](C)O1. The molecule has 1 amide bonds. The molecule has 0 radical (unpaired) electrons. The summed E-state index contributed by atoms with van der Waals surface area (Å²) in [6.45, 7) is 7.40. The van der Waals surface area contributed by atoms with Crippen molar-refractivity contribution in [3.63, 3.8) is 0 Å². The Morgan fingerprint density at radius 3 is 2.71 bits per heavy atom. The first-order valence-corrected chi connectivity index (χ1v) is 8.38. The van der Waals surface area contributed by atoms with Crippen LogP contribution >= 0.6 is 0 Å². The Bertz CT molecular complexity index is 661. The minimum atomic E-state index is -0.126. The minimum absolute atomic E-state index is 0.126. The molecule has 1 aromatic carbocycles. The maximum absolute atomic E-state index is 12.2. The number of benzene rings is 1. The first kappa shape index (κ1) is 16.7. The Kier molecular flexibility index (Phi) is 5.27. The van der Waals surface area contributed by atoms with E-state index in [1.807, 2.05) is 30.3 Å². The lowest BCUT2D eigenvalue weighted by Gasteiger charge is -2.35. The largest absolute Gasteiger partial charge is 0.373 e. The van der Waals surface area contributed by atoms with E-state index in [2.05, 4.69) is 34.3 Å². The quantitative estimate of drug-likeness (QED) is 0.880. The Balaban J connectivity index is 1.50. The van der Waals surface area contributed by atoms with Gasteiger partial charge in [0, 0.05) is 31.7 Å². The molecule has 0 bridgehead atoms. The van der Waals surface area contributed by atoms with E-state index in [-0.39, 0.29) is 18.1 Å². The normalized spacial score (nSPS) is 21.6. The monoisotopic (exact) mass is 328 g/mol. The lowest BCUT2D eigenvalue weighted by molar-refractivity contribution is -0.0672. The molecule has 1 aliphatic rings. The van der Waals surface area contributed by atoms with Crippen molar-refractivity contribution in [3.8, 4) is 11.3 Å². The lowest BCUT2D eigenvalue weighted by atomic mass is 10.1. The van der Waals surface area contributed by atoms with Crippen molar-refractivity contribution < 1.29 is 9.53 Å². The van der Waals surface area contributed by atoms with E-state index in [9.17, 15) is 4.79 Å². The molecule has 1 aliphatic heterocycles. The van der Waals surface area contributed by atoms with Gasteiger partial charge in [0.05, 0.1) is 17.9 Å². The predicted molar refractivity (Wildman–Crippen MR) is 92.8 cm³/mol. The Morgan fingerprint density at radius 2 is 2.00 bits per heavy atom. The van der Waals surface area contributed by atoms with Gasteiger partial charge in [0.25, 0.3) is 5.91 Å². The third-order valence-electron chi connectivity index (χ3n) is 4.10. The first-order chi connectivity index (χ1) is 11.6. The standard InChI is InChI=1S/C18H24N4O2/c1-13-11-22(12-14(2)24-13)9-8-19-18(23)17-10-16(20-21-17)15-6-4-3-5-7-15/h3-7,10,13-14H,8-9,11-12H2,1-2H3,(H,19,23)(H,20,21)/t13-,14-/m1/s1. The van der Waals surface area contributed by atoms with Crippen LogP contribution in [0.5, 0.6) is 0 Å². The highest BCUT2D eigenvalue weighted by Crippen LogP contribution is 2.16. The molecule has 0 unspecified atom stereocenters. The van der Waals surface area contributed by atoms with Crippen molar-refractivity contribution in [2.75, 3.05) is 26.2 Å². The highest BCUT2D eigenvalue weighted by molar-refractivity contribution is 5.93. The second kappa shape index (κ2) is 7.59. The molecule has 128 valence electrons. The molecule has 0 aliphatic carbocycles. The molecule has 3 rings (SSSR count). The molecule has 24 heavy (non-hydrogen) atoms. The Morgan fingerprint density at radius 1 is 1.29 bits per heavy atom. The van der Waals surface area contributed by atoms with Crippen molar-refractivity contribution in [3.05, 3.63) is 42.1 Å². The van der Waals surface area contributed by atoms with Gasteiger partial charge < -0.3 is 10.1 Å². The van der Waals surface area contributed by atoms with E-state index in [4.69, 9.17) is 4.74 Å².